The third-order valence-corrected chi connectivity index (χ3v) is 0.791. The Kier molecular flexibility index (Phi) is 1.51. The van der Waals surface area contributed by atoms with Crippen LogP contribution in [0.1, 0.15) is 0 Å². The van der Waals surface area contributed by atoms with Crippen LogP contribution in [0, 0.1) is 6.92 Å². The lowest BCUT2D eigenvalue weighted by atomic mass is 10.7. The Labute approximate surface area is 48.1 Å². The second-order valence-corrected chi connectivity index (χ2v) is 1.36. The number of H-pyrrole nitrogens is 1. The van der Waals surface area contributed by atoms with Gasteiger partial charge in [-0.2, -0.15) is 0 Å². The number of nitrogens with one attached hydrogen (secondary N) is 2. The number of hydrogen-bond acceptors (Lipinski definition) is 2. The molecule has 0 aliphatic heterocycles. The van der Waals surface area contributed by atoms with Gasteiger partial charge in [-0.15, -0.1) is 0 Å². The van der Waals surface area contributed by atoms with E-state index in [1.807, 2.05) is 0 Å². The third-order valence-electron chi connectivity index (χ3n) is 0.791. The second-order valence-electron chi connectivity index (χ2n) is 1.36. The van der Waals surface area contributed by atoms with Crippen molar-refractivity contribution in [2.75, 3.05) is 11.9 Å². The van der Waals surface area contributed by atoms with Crippen LogP contribution in [0.5, 0.6) is 0 Å². The highest BCUT2D eigenvalue weighted by Gasteiger charge is 1.84. The van der Waals surface area contributed by atoms with Gasteiger partial charge in [-0.3, -0.25) is 0 Å². The first-order chi connectivity index (χ1) is 3.93. The molecule has 0 saturated heterocycles. The molecule has 0 aliphatic carbocycles. The Hall–Kier alpha value is -0.990. The van der Waals surface area contributed by atoms with Gasteiger partial charge < -0.3 is 10.3 Å². The zero-order valence-electron chi connectivity index (χ0n) is 4.52. The van der Waals surface area contributed by atoms with Crippen LogP contribution in [-0.2, 0) is 0 Å². The summed E-state index contributed by atoms with van der Waals surface area (Å²) in [5.41, 5.74) is 0. The van der Waals surface area contributed by atoms with E-state index in [0.29, 0.717) is 6.54 Å². The number of imidazole rings is 1. The molecule has 0 unspecified atom stereocenters. The fraction of sp³-hybridized carbons (Fsp3) is 0.200. The van der Waals surface area contributed by atoms with E-state index >= 15 is 0 Å². The van der Waals surface area contributed by atoms with E-state index in [2.05, 4.69) is 22.2 Å². The van der Waals surface area contributed by atoms with Gasteiger partial charge in [0.2, 0.25) is 0 Å². The first kappa shape index (κ1) is 5.15. The van der Waals surface area contributed by atoms with Gasteiger partial charge in [-0.25, -0.2) is 4.98 Å². The fourth-order valence-corrected chi connectivity index (χ4v) is 0.480. The first-order valence-corrected chi connectivity index (χ1v) is 2.46. The summed E-state index contributed by atoms with van der Waals surface area (Å²) in [6.45, 7) is 4.25. The summed E-state index contributed by atoms with van der Waals surface area (Å²) in [7, 11) is 0. The summed E-state index contributed by atoms with van der Waals surface area (Å²) >= 11 is 0. The zero-order chi connectivity index (χ0) is 5.82. The summed E-state index contributed by atoms with van der Waals surface area (Å²) in [5.74, 6) is 0.778. The number of rotatable bonds is 2. The van der Waals surface area contributed by atoms with Gasteiger partial charge in [0.05, 0.1) is 0 Å². The van der Waals surface area contributed by atoms with E-state index in [1.54, 1.807) is 12.4 Å². The van der Waals surface area contributed by atoms with Crippen molar-refractivity contribution in [1.82, 2.24) is 9.97 Å². The van der Waals surface area contributed by atoms with E-state index < -0.39 is 0 Å². The number of anilines is 1. The molecule has 0 fully saturated rings. The van der Waals surface area contributed by atoms with Crippen molar-refractivity contribution in [2.45, 2.75) is 0 Å². The molecular weight excluding hydrogens is 102 g/mol. The molecule has 0 bridgehead atoms. The Morgan fingerprint density at radius 2 is 2.75 bits per heavy atom. The summed E-state index contributed by atoms with van der Waals surface area (Å²) in [6, 6.07) is 0. The lowest BCUT2D eigenvalue weighted by Gasteiger charge is -1.92. The third kappa shape index (κ3) is 0.992. The molecule has 0 aromatic carbocycles. The van der Waals surface area contributed by atoms with Crippen molar-refractivity contribution in [3.05, 3.63) is 19.3 Å². The molecule has 8 heavy (non-hydrogen) atoms. The number of hydrogen-bond donors (Lipinski definition) is 2. The summed E-state index contributed by atoms with van der Waals surface area (Å²) in [5, 5.41) is 2.91. The highest BCUT2D eigenvalue weighted by Crippen LogP contribution is 1.91. The Morgan fingerprint density at radius 1 is 1.88 bits per heavy atom. The topological polar surface area (TPSA) is 40.7 Å². The van der Waals surface area contributed by atoms with Crippen molar-refractivity contribution in [2.24, 2.45) is 0 Å². The predicted molar refractivity (Wildman–Crippen MR) is 32.4 cm³/mol. The molecule has 0 amide bonds. The second kappa shape index (κ2) is 2.35. The van der Waals surface area contributed by atoms with Crippen LogP contribution in [-0.4, -0.2) is 16.5 Å². The maximum Gasteiger partial charge on any atom is 0.200 e. The van der Waals surface area contributed by atoms with Gasteiger partial charge in [0, 0.05) is 18.9 Å². The van der Waals surface area contributed by atoms with Crippen molar-refractivity contribution >= 4 is 5.95 Å². The SMILES string of the molecule is [CH2]CNc1ncc[nH]1. The monoisotopic (exact) mass is 110 g/mol. The van der Waals surface area contributed by atoms with Gasteiger partial charge >= 0.3 is 0 Å². The number of aromatic amines is 1. The number of nitrogens with zero attached hydrogens (tertiary/aromatic N) is 1. The molecule has 2 N–H and O–H groups in total. The highest BCUT2D eigenvalue weighted by molar-refractivity contribution is 5.22. The van der Waals surface area contributed by atoms with Crippen LogP contribution < -0.4 is 5.32 Å². The molecule has 1 heterocycles. The van der Waals surface area contributed by atoms with Crippen LogP contribution in [0.4, 0.5) is 5.95 Å². The lowest BCUT2D eigenvalue weighted by Crippen LogP contribution is -1.97. The lowest BCUT2D eigenvalue weighted by molar-refractivity contribution is 1.20. The normalized spacial score (nSPS) is 9.12. The molecule has 0 spiro atoms. The minimum absolute atomic E-state index is 0.660. The maximum absolute atomic E-state index is 3.90. The molecule has 3 nitrogen and oxygen atoms in total. The summed E-state index contributed by atoms with van der Waals surface area (Å²) in [6.07, 6.45) is 3.45. The molecule has 0 saturated carbocycles. The molecular formula is C5H8N3. The minimum Gasteiger partial charge on any atom is -0.356 e. The van der Waals surface area contributed by atoms with E-state index in [0.717, 1.165) is 5.95 Å². The van der Waals surface area contributed by atoms with Crippen molar-refractivity contribution < 1.29 is 0 Å². The molecule has 0 aliphatic rings. The van der Waals surface area contributed by atoms with Gasteiger partial charge in [0.25, 0.3) is 0 Å². The van der Waals surface area contributed by atoms with E-state index in [1.165, 1.54) is 0 Å². The van der Waals surface area contributed by atoms with Crippen molar-refractivity contribution in [3.63, 3.8) is 0 Å². The number of aromatic nitrogens is 2. The van der Waals surface area contributed by atoms with Crippen LogP contribution in [0.3, 0.4) is 0 Å². The Balaban J connectivity index is 2.50. The van der Waals surface area contributed by atoms with Gasteiger partial charge in [0.1, 0.15) is 0 Å². The van der Waals surface area contributed by atoms with Gasteiger partial charge in [0.15, 0.2) is 5.95 Å². The van der Waals surface area contributed by atoms with Crippen molar-refractivity contribution in [3.8, 4) is 0 Å². The molecule has 3 heteroatoms. The predicted octanol–water partition coefficient (Wildman–Crippen LogP) is 0.656. The van der Waals surface area contributed by atoms with Crippen LogP contribution >= 0.6 is 0 Å². The standard InChI is InChI=1S/C5H8N3/c1-2-6-5-7-3-4-8-5/h3-4H,1-2H2,(H2,6,7,8). The van der Waals surface area contributed by atoms with E-state index in [9.17, 15) is 0 Å². The zero-order valence-corrected chi connectivity index (χ0v) is 4.52. The molecule has 0 atom stereocenters. The molecule has 1 rings (SSSR count). The quantitative estimate of drug-likeness (QED) is 0.587. The average molecular weight is 110 g/mol. The highest BCUT2D eigenvalue weighted by atomic mass is 15.1. The van der Waals surface area contributed by atoms with Gasteiger partial charge in [-0.05, 0) is 6.92 Å². The smallest absolute Gasteiger partial charge is 0.200 e. The minimum atomic E-state index is 0.660. The first-order valence-electron chi connectivity index (χ1n) is 2.46. The van der Waals surface area contributed by atoms with Crippen molar-refractivity contribution in [1.29, 1.82) is 0 Å². The summed E-state index contributed by atoms with van der Waals surface area (Å²) in [4.78, 5) is 6.78. The molecule has 1 radical (unpaired) electrons. The average Bonchev–Trinajstić information content (AvgIpc) is 2.19. The molecule has 1 aromatic rings. The fourth-order valence-electron chi connectivity index (χ4n) is 0.480. The Bertz CT molecular complexity index is 133. The van der Waals surface area contributed by atoms with Crippen LogP contribution in [0.2, 0.25) is 0 Å². The maximum atomic E-state index is 3.90. The molecule has 1 aromatic heterocycles. The van der Waals surface area contributed by atoms with Gasteiger partial charge in [-0.1, -0.05) is 0 Å². The van der Waals surface area contributed by atoms with Crippen LogP contribution in [0.25, 0.3) is 0 Å². The Morgan fingerprint density at radius 3 is 3.25 bits per heavy atom. The molecule has 43 valence electrons. The van der Waals surface area contributed by atoms with E-state index in [4.69, 9.17) is 0 Å². The van der Waals surface area contributed by atoms with E-state index in [-0.39, 0.29) is 0 Å². The van der Waals surface area contributed by atoms with Crippen LogP contribution in [0.15, 0.2) is 12.4 Å². The largest absolute Gasteiger partial charge is 0.356 e. The summed E-state index contributed by atoms with van der Waals surface area (Å²) < 4.78 is 0.